The van der Waals surface area contributed by atoms with Gasteiger partial charge in [-0.2, -0.15) is 5.26 Å². The number of hydrogen-bond donors (Lipinski definition) is 1. The standard InChI is InChI=1S/C12H14N2/c1-9(2)8-14-12-5-4-10(3)6-11(12)7-13/h4-6,14H,1,8H2,2-3H3. The average molecular weight is 186 g/mol. The molecule has 1 N–H and O–H groups in total. The SMILES string of the molecule is C=C(C)CNc1ccc(C)cc1C#N. The van der Waals surface area contributed by atoms with Gasteiger partial charge >= 0.3 is 0 Å². The van der Waals surface area contributed by atoms with Crippen molar-refractivity contribution in [2.45, 2.75) is 13.8 Å². The lowest BCUT2D eigenvalue weighted by Crippen LogP contribution is -2.03. The van der Waals surface area contributed by atoms with Crippen molar-refractivity contribution in [2.24, 2.45) is 0 Å². The first kappa shape index (κ1) is 10.3. The fourth-order valence-electron chi connectivity index (χ4n) is 1.15. The Morgan fingerprint density at radius 2 is 2.29 bits per heavy atom. The van der Waals surface area contributed by atoms with Crippen molar-refractivity contribution in [3.8, 4) is 6.07 Å². The third-order valence-electron chi connectivity index (χ3n) is 1.88. The van der Waals surface area contributed by atoms with Crippen LogP contribution in [0.3, 0.4) is 0 Å². The van der Waals surface area contributed by atoms with E-state index < -0.39 is 0 Å². The van der Waals surface area contributed by atoms with Gasteiger partial charge in [0.25, 0.3) is 0 Å². The highest BCUT2D eigenvalue weighted by Gasteiger charge is 2.00. The van der Waals surface area contributed by atoms with Gasteiger partial charge < -0.3 is 5.32 Å². The van der Waals surface area contributed by atoms with Crippen LogP contribution in [0.25, 0.3) is 0 Å². The van der Waals surface area contributed by atoms with Gasteiger partial charge in [-0.05, 0) is 31.5 Å². The number of nitriles is 1. The minimum Gasteiger partial charge on any atom is -0.380 e. The van der Waals surface area contributed by atoms with Crippen LogP contribution in [-0.4, -0.2) is 6.54 Å². The Morgan fingerprint density at radius 1 is 1.57 bits per heavy atom. The number of anilines is 1. The Hall–Kier alpha value is -1.75. The molecule has 0 aliphatic rings. The lowest BCUT2D eigenvalue weighted by atomic mass is 10.1. The molecule has 0 heterocycles. The van der Waals surface area contributed by atoms with E-state index in [1.165, 1.54) is 0 Å². The summed E-state index contributed by atoms with van der Waals surface area (Å²) in [6, 6.07) is 7.96. The van der Waals surface area contributed by atoms with E-state index >= 15 is 0 Å². The fraction of sp³-hybridized carbons (Fsp3) is 0.250. The second kappa shape index (κ2) is 4.48. The first-order chi connectivity index (χ1) is 6.63. The number of rotatable bonds is 3. The van der Waals surface area contributed by atoms with Gasteiger partial charge in [0.05, 0.1) is 11.3 Å². The van der Waals surface area contributed by atoms with E-state index in [0.717, 1.165) is 16.8 Å². The van der Waals surface area contributed by atoms with Crippen LogP contribution in [-0.2, 0) is 0 Å². The quantitative estimate of drug-likeness (QED) is 0.737. The van der Waals surface area contributed by atoms with E-state index in [1.807, 2.05) is 32.0 Å². The van der Waals surface area contributed by atoms with E-state index in [-0.39, 0.29) is 0 Å². The van der Waals surface area contributed by atoms with Crippen LogP contribution in [0.5, 0.6) is 0 Å². The first-order valence-electron chi connectivity index (χ1n) is 4.52. The van der Waals surface area contributed by atoms with Crippen molar-refractivity contribution < 1.29 is 0 Å². The zero-order valence-corrected chi connectivity index (χ0v) is 8.59. The van der Waals surface area contributed by atoms with Gasteiger partial charge in [0, 0.05) is 6.54 Å². The maximum atomic E-state index is 8.90. The van der Waals surface area contributed by atoms with E-state index in [0.29, 0.717) is 12.1 Å². The van der Waals surface area contributed by atoms with Crippen LogP contribution in [0.1, 0.15) is 18.1 Å². The Balaban J connectivity index is 2.87. The molecule has 1 aromatic carbocycles. The zero-order chi connectivity index (χ0) is 10.6. The molecule has 1 aromatic rings. The molecule has 0 bridgehead atoms. The van der Waals surface area contributed by atoms with Gasteiger partial charge in [-0.25, -0.2) is 0 Å². The summed E-state index contributed by atoms with van der Waals surface area (Å²) >= 11 is 0. The molecule has 0 aromatic heterocycles. The third-order valence-corrected chi connectivity index (χ3v) is 1.88. The molecule has 0 radical (unpaired) electrons. The van der Waals surface area contributed by atoms with E-state index in [1.54, 1.807) is 0 Å². The van der Waals surface area contributed by atoms with Crippen molar-refractivity contribution in [1.82, 2.24) is 0 Å². The van der Waals surface area contributed by atoms with Crippen LogP contribution in [0.15, 0.2) is 30.4 Å². The van der Waals surface area contributed by atoms with Crippen molar-refractivity contribution in [3.05, 3.63) is 41.5 Å². The van der Waals surface area contributed by atoms with E-state index in [4.69, 9.17) is 5.26 Å². The molecule has 0 spiro atoms. The maximum Gasteiger partial charge on any atom is 0.101 e. The molecule has 2 heteroatoms. The number of benzene rings is 1. The van der Waals surface area contributed by atoms with Crippen molar-refractivity contribution in [2.75, 3.05) is 11.9 Å². The number of aryl methyl sites for hydroxylation is 1. The second-order valence-electron chi connectivity index (χ2n) is 3.47. The largest absolute Gasteiger partial charge is 0.380 e. The molecular weight excluding hydrogens is 172 g/mol. The Kier molecular flexibility index (Phi) is 3.30. The number of nitrogens with zero attached hydrogens (tertiary/aromatic N) is 1. The summed E-state index contributed by atoms with van der Waals surface area (Å²) in [6.45, 7) is 8.43. The summed E-state index contributed by atoms with van der Waals surface area (Å²) in [4.78, 5) is 0. The Bertz CT molecular complexity index is 386. The molecule has 0 aliphatic carbocycles. The number of hydrogen-bond acceptors (Lipinski definition) is 2. The van der Waals surface area contributed by atoms with Gasteiger partial charge in [0.15, 0.2) is 0 Å². The zero-order valence-electron chi connectivity index (χ0n) is 8.59. The summed E-state index contributed by atoms with van der Waals surface area (Å²) in [6.07, 6.45) is 0. The number of nitrogens with one attached hydrogen (secondary N) is 1. The monoisotopic (exact) mass is 186 g/mol. The molecule has 0 saturated carbocycles. The Labute approximate surface area is 84.9 Å². The molecule has 0 amide bonds. The lowest BCUT2D eigenvalue weighted by molar-refractivity contribution is 1.21. The van der Waals surface area contributed by atoms with Gasteiger partial charge in [-0.1, -0.05) is 18.2 Å². The average Bonchev–Trinajstić information content (AvgIpc) is 2.15. The molecule has 1 rings (SSSR count). The topological polar surface area (TPSA) is 35.8 Å². The summed E-state index contributed by atoms with van der Waals surface area (Å²) in [5.74, 6) is 0. The van der Waals surface area contributed by atoms with Gasteiger partial charge in [-0.15, -0.1) is 0 Å². The summed E-state index contributed by atoms with van der Waals surface area (Å²) in [7, 11) is 0. The van der Waals surface area contributed by atoms with E-state index in [2.05, 4.69) is 18.0 Å². The minimum absolute atomic E-state index is 0.686. The fourth-order valence-corrected chi connectivity index (χ4v) is 1.15. The smallest absolute Gasteiger partial charge is 0.101 e. The predicted molar refractivity (Wildman–Crippen MR) is 59.2 cm³/mol. The highest BCUT2D eigenvalue weighted by molar-refractivity contribution is 5.58. The molecular formula is C12H14N2. The molecule has 14 heavy (non-hydrogen) atoms. The second-order valence-corrected chi connectivity index (χ2v) is 3.47. The maximum absolute atomic E-state index is 8.90. The highest BCUT2D eigenvalue weighted by Crippen LogP contribution is 2.16. The molecule has 0 aliphatic heterocycles. The van der Waals surface area contributed by atoms with Crippen molar-refractivity contribution >= 4 is 5.69 Å². The van der Waals surface area contributed by atoms with Crippen molar-refractivity contribution in [3.63, 3.8) is 0 Å². The molecule has 72 valence electrons. The summed E-state index contributed by atoms with van der Waals surface area (Å²) < 4.78 is 0. The molecule has 0 atom stereocenters. The molecule has 2 nitrogen and oxygen atoms in total. The lowest BCUT2D eigenvalue weighted by Gasteiger charge is -2.08. The van der Waals surface area contributed by atoms with Crippen molar-refractivity contribution in [1.29, 1.82) is 5.26 Å². The third kappa shape index (κ3) is 2.63. The van der Waals surface area contributed by atoms with E-state index in [9.17, 15) is 0 Å². The van der Waals surface area contributed by atoms with Crippen LogP contribution < -0.4 is 5.32 Å². The predicted octanol–water partition coefficient (Wildman–Crippen LogP) is 2.85. The normalized spacial score (nSPS) is 9.21. The van der Waals surface area contributed by atoms with Crippen LogP contribution in [0.4, 0.5) is 5.69 Å². The van der Waals surface area contributed by atoms with Crippen LogP contribution in [0, 0.1) is 18.3 Å². The summed E-state index contributed by atoms with van der Waals surface area (Å²) in [5.41, 5.74) is 3.71. The van der Waals surface area contributed by atoms with Crippen LogP contribution in [0.2, 0.25) is 0 Å². The molecule has 0 fully saturated rings. The van der Waals surface area contributed by atoms with Gasteiger partial charge in [0.1, 0.15) is 6.07 Å². The molecule has 0 unspecified atom stereocenters. The Morgan fingerprint density at radius 3 is 2.86 bits per heavy atom. The van der Waals surface area contributed by atoms with Gasteiger partial charge in [-0.3, -0.25) is 0 Å². The molecule has 0 saturated heterocycles. The first-order valence-corrected chi connectivity index (χ1v) is 4.52. The van der Waals surface area contributed by atoms with Crippen LogP contribution >= 0.6 is 0 Å². The summed E-state index contributed by atoms with van der Waals surface area (Å²) in [5, 5.41) is 12.1. The minimum atomic E-state index is 0.686. The highest BCUT2D eigenvalue weighted by atomic mass is 14.9. The van der Waals surface area contributed by atoms with Gasteiger partial charge in [0.2, 0.25) is 0 Å².